The van der Waals surface area contributed by atoms with E-state index in [1.54, 1.807) is 18.2 Å². The van der Waals surface area contributed by atoms with Gasteiger partial charge < -0.3 is 19.2 Å². The van der Waals surface area contributed by atoms with Crippen LogP contribution in [-0.4, -0.2) is 12.5 Å². The molecule has 1 N–H and O–H groups in total. The number of hydrogen-bond donors (Lipinski definition) is 1. The second-order valence-electron chi connectivity index (χ2n) is 8.59. The molecule has 0 spiro atoms. The quantitative estimate of drug-likeness (QED) is 0.350. The molecule has 1 amide bonds. The first-order valence-corrected chi connectivity index (χ1v) is 11.1. The van der Waals surface area contributed by atoms with Gasteiger partial charge in [-0.2, -0.15) is 0 Å². The van der Waals surface area contributed by atoms with Crippen LogP contribution in [-0.2, 0) is 4.79 Å². The number of aryl methyl sites for hydroxylation is 2. The molecule has 0 radical (unpaired) electrons. The second-order valence-corrected chi connectivity index (χ2v) is 8.59. The van der Waals surface area contributed by atoms with Gasteiger partial charge in [0.05, 0.1) is 5.39 Å². The molecule has 0 fully saturated rings. The molecule has 1 aromatic heterocycles. The zero-order valence-corrected chi connectivity index (χ0v) is 19.7. The highest BCUT2D eigenvalue weighted by Crippen LogP contribution is 2.26. The number of carbonyl (C=O) groups is 1. The van der Waals surface area contributed by atoms with Crippen molar-refractivity contribution in [2.75, 3.05) is 11.9 Å². The summed E-state index contributed by atoms with van der Waals surface area (Å²) in [6.07, 6.45) is 1.29. The molecule has 6 nitrogen and oxygen atoms in total. The van der Waals surface area contributed by atoms with Crippen molar-refractivity contribution in [1.29, 1.82) is 0 Å². The number of nitrogens with one attached hydrogen (secondary N) is 1. The van der Waals surface area contributed by atoms with Crippen LogP contribution >= 0.6 is 0 Å². The van der Waals surface area contributed by atoms with Crippen LogP contribution in [0.5, 0.6) is 17.2 Å². The number of rotatable bonds is 7. The summed E-state index contributed by atoms with van der Waals surface area (Å²) in [6, 6.07) is 18.3. The fraction of sp³-hybridized carbons (Fsp3) is 0.214. The molecule has 0 aliphatic rings. The minimum atomic E-state index is -0.282. The van der Waals surface area contributed by atoms with E-state index in [9.17, 15) is 9.59 Å². The molecule has 4 rings (SSSR count). The van der Waals surface area contributed by atoms with E-state index >= 15 is 0 Å². The van der Waals surface area contributed by atoms with Crippen LogP contribution in [0.1, 0.15) is 36.5 Å². The van der Waals surface area contributed by atoms with E-state index in [-0.39, 0.29) is 29.6 Å². The molecule has 3 aromatic carbocycles. The first kappa shape index (κ1) is 23.1. The van der Waals surface area contributed by atoms with Crippen molar-refractivity contribution in [2.45, 2.75) is 33.6 Å². The number of anilines is 1. The maximum absolute atomic E-state index is 12.9. The number of fused-ring (bicyclic) bond motifs is 1. The number of para-hydroxylation sites is 1. The molecule has 0 bridgehead atoms. The molecular formula is C28H27NO5. The van der Waals surface area contributed by atoms with Crippen LogP contribution in [0.2, 0.25) is 0 Å². The fourth-order valence-electron chi connectivity index (χ4n) is 3.82. The Morgan fingerprint density at radius 3 is 2.44 bits per heavy atom. The van der Waals surface area contributed by atoms with Gasteiger partial charge in [-0.1, -0.05) is 38.1 Å². The summed E-state index contributed by atoms with van der Waals surface area (Å²) < 4.78 is 17.1. The van der Waals surface area contributed by atoms with Gasteiger partial charge in [0.1, 0.15) is 23.3 Å². The Morgan fingerprint density at radius 2 is 1.71 bits per heavy atom. The molecule has 174 valence electrons. The van der Waals surface area contributed by atoms with E-state index in [2.05, 4.69) is 19.2 Å². The molecule has 34 heavy (non-hydrogen) atoms. The standard InChI is InChI=1S/C28H27NO5/c1-17(2)22-7-5-6-8-24(22)29-27(30)16-32-20-9-10-23-25(14-20)33-15-26(28(23)31)34-21-12-18(3)11-19(4)13-21/h5-15,17H,16H2,1-4H3,(H,29,30). The van der Waals surface area contributed by atoms with Crippen LogP contribution in [0.3, 0.4) is 0 Å². The Hall–Kier alpha value is -4.06. The molecule has 0 aliphatic carbocycles. The summed E-state index contributed by atoms with van der Waals surface area (Å²) in [6.45, 7) is 7.91. The molecular weight excluding hydrogens is 430 g/mol. The van der Waals surface area contributed by atoms with Crippen LogP contribution < -0.4 is 20.2 Å². The topological polar surface area (TPSA) is 77.8 Å². The second kappa shape index (κ2) is 9.83. The van der Waals surface area contributed by atoms with E-state index in [1.165, 1.54) is 6.26 Å². The van der Waals surface area contributed by atoms with Gasteiger partial charge in [0.15, 0.2) is 6.61 Å². The highest BCUT2D eigenvalue weighted by atomic mass is 16.5. The monoisotopic (exact) mass is 457 g/mol. The molecule has 0 saturated heterocycles. The smallest absolute Gasteiger partial charge is 0.262 e. The third-order valence-electron chi connectivity index (χ3n) is 5.36. The van der Waals surface area contributed by atoms with Crippen molar-refractivity contribution in [2.24, 2.45) is 0 Å². The molecule has 4 aromatic rings. The zero-order chi connectivity index (χ0) is 24.2. The number of amides is 1. The predicted octanol–water partition coefficient (Wildman–Crippen LogP) is 6.34. The Morgan fingerprint density at radius 1 is 0.971 bits per heavy atom. The van der Waals surface area contributed by atoms with Crippen molar-refractivity contribution >= 4 is 22.6 Å². The number of carbonyl (C=O) groups excluding carboxylic acids is 1. The van der Waals surface area contributed by atoms with Gasteiger partial charge in [0, 0.05) is 11.8 Å². The van der Waals surface area contributed by atoms with Gasteiger partial charge in [0.25, 0.3) is 5.91 Å². The third kappa shape index (κ3) is 5.29. The maximum atomic E-state index is 12.9. The van der Waals surface area contributed by atoms with E-state index in [1.807, 2.05) is 56.3 Å². The highest BCUT2D eigenvalue weighted by molar-refractivity contribution is 5.92. The van der Waals surface area contributed by atoms with Crippen LogP contribution in [0.4, 0.5) is 5.69 Å². The molecule has 0 atom stereocenters. The Balaban J connectivity index is 1.46. The van der Waals surface area contributed by atoms with Crippen molar-refractivity contribution in [3.05, 3.63) is 93.8 Å². The highest BCUT2D eigenvalue weighted by Gasteiger charge is 2.13. The van der Waals surface area contributed by atoms with Gasteiger partial charge in [-0.15, -0.1) is 0 Å². The lowest BCUT2D eigenvalue weighted by molar-refractivity contribution is -0.118. The van der Waals surface area contributed by atoms with Gasteiger partial charge in [-0.25, -0.2) is 0 Å². The Labute approximate surface area is 198 Å². The summed E-state index contributed by atoms with van der Waals surface area (Å²) in [4.78, 5) is 25.3. The van der Waals surface area contributed by atoms with Crippen LogP contribution in [0.25, 0.3) is 11.0 Å². The largest absolute Gasteiger partial charge is 0.484 e. The lowest BCUT2D eigenvalue weighted by atomic mass is 10.0. The van der Waals surface area contributed by atoms with Crippen molar-refractivity contribution in [1.82, 2.24) is 0 Å². The third-order valence-corrected chi connectivity index (χ3v) is 5.36. The minimum Gasteiger partial charge on any atom is -0.484 e. The molecule has 0 saturated carbocycles. The lowest BCUT2D eigenvalue weighted by Crippen LogP contribution is -2.21. The summed E-state index contributed by atoms with van der Waals surface area (Å²) >= 11 is 0. The van der Waals surface area contributed by atoms with Crippen LogP contribution in [0.15, 0.2) is 76.1 Å². The predicted molar refractivity (Wildman–Crippen MR) is 133 cm³/mol. The number of ether oxygens (including phenoxy) is 2. The summed E-state index contributed by atoms with van der Waals surface area (Å²) in [7, 11) is 0. The summed E-state index contributed by atoms with van der Waals surface area (Å²) in [5, 5.41) is 3.26. The molecule has 0 unspecified atom stereocenters. The van der Waals surface area contributed by atoms with E-state index in [0.717, 1.165) is 22.4 Å². The number of benzene rings is 3. The fourth-order valence-corrected chi connectivity index (χ4v) is 3.82. The summed E-state index contributed by atoms with van der Waals surface area (Å²) in [5.74, 6) is 1.12. The lowest BCUT2D eigenvalue weighted by Gasteiger charge is -2.14. The average Bonchev–Trinajstić information content (AvgIpc) is 2.79. The van der Waals surface area contributed by atoms with E-state index < -0.39 is 0 Å². The van der Waals surface area contributed by atoms with E-state index in [4.69, 9.17) is 13.9 Å². The van der Waals surface area contributed by atoms with E-state index in [0.29, 0.717) is 22.5 Å². The summed E-state index contributed by atoms with van der Waals surface area (Å²) in [5.41, 5.74) is 3.97. The minimum absolute atomic E-state index is 0.106. The molecule has 1 heterocycles. The van der Waals surface area contributed by atoms with Crippen LogP contribution in [0, 0.1) is 13.8 Å². The first-order valence-electron chi connectivity index (χ1n) is 11.1. The van der Waals surface area contributed by atoms with Gasteiger partial charge in [-0.05, 0) is 66.8 Å². The zero-order valence-electron chi connectivity index (χ0n) is 19.7. The SMILES string of the molecule is Cc1cc(C)cc(Oc2coc3cc(OCC(=O)Nc4ccccc4C(C)C)ccc3c2=O)c1. The maximum Gasteiger partial charge on any atom is 0.262 e. The Kier molecular flexibility index (Phi) is 6.68. The van der Waals surface area contributed by atoms with Gasteiger partial charge >= 0.3 is 0 Å². The van der Waals surface area contributed by atoms with Crippen molar-refractivity contribution < 1.29 is 18.7 Å². The van der Waals surface area contributed by atoms with Gasteiger partial charge in [0.2, 0.25) is 11.2 Å². The van der Waals surface area contributed by atoms with Crippen molar-refractivity contribution in [3.8, 4) is 17.2 Å². The first-order chi connectivity index (χ1) is 16.3. The van der Waals surface area contributed by atoms with Crippen molar-refractivity contribution in [3.63, 3.8) is 0 Å². The van der Waals surface area contributed by atoms with Gasteiger partial charge in [-0.3, -0.25) is 9.59 Å². The molecule has 6 heteroatoms. The Bertz CT molecular complexity index is 1380. The normalized spacial score (nSPS) is 11.0. The number of hydrogen-bond acceptors (Lipinski definition) is 5. The molecule has 0 aliphatic heterocycles. The average molecular weight is 458 g/mol.